The third kappa shape index (κ3) is 6.64. The van der Waals surface area contributed by atoms with Gasteiger partial charge in [0, 0.05) is 13.1 Å². The van der Waals surface area contributed by atoms with Gasteiger partial charge in [0.15, 0.2) is 0 Å². The zero-order valence-corrected chi connectivity index (χ0v) is 19.3. The first-order chi connectivity index (χ1) is 17.1. The predicted octanol–water partition coefficient (Wildman–Crippen LogP) is 5.45. The number of amides is 2. The summed E-state index contributed by atoms with van der Waals surface area (Å²) in [6.07, 6.45) is 0.150. The highest BCUT2D eigenvalue weighted by Crippen LogP contribution is 2.25. The van der Waals surface area contributed by atoms with Gasteiger partial charge in [0.05, 0.1) is 6.42 Å². The van der Waals surface area contributed by atoms with Crippen LogP contribution in [0.4, 0.5) is 4.39 Å². The van der Waals surface area contributed by atoms with Crippen molar-refractivity contribution in [3.63, 3.8) is 0 Å². The number of carbonyl (C=O) groups is 2. The van der Waals surface area contributed by atoms with Crippen molar-refractivity contribution in [3.05, 3.63) is 143 Å². The summed E-state index contributed by atoms with van der Waals surface area (Å²) in [5.74, 6) is -0.816. The Kier molecular flexibility index (Phi) is 8.02. The van der Waals surface area contributed by atoms with Gasteiger partial charge in [-0.1, -0.05) is 103 Å². The van der Waals surface area contributed by atoms with E-state index in [0.717, 1.165) is 16.7 Å². The molecule has 0 aromatic heterocycles. The van der Waals surface area contributed by atoms with Crippen LogP contribution in [0.3, 0.4) is 0 Å². The number of halogens is 1. The summed E-state index contributed by atoms with van der Waals surface area (Å²) in [4.78, 5) is 28.8. The molecule has 35 heavy (non-hydrogen) atoms. The summed E-state index contributed by atoms with van der Waals surface area (Å²) in [5, 5.41) is 3.00. The lowest BCUT2D eigenvalue weighted by molar-refractivity contribution is -0.141. The van der Waals surface area contributed by atoms with Crippen LogP contribution in [0.25, 0.3) is 0 Å². The molecule has 0 radical (unpaired) electrons. The minimum Gasteiger partial charge on any atom is -0.350 e. The van der Waals surface area contributed by atoms with Gasteiger partial charge < -0.3 is 10.2 Å². The molecule has 0 heterocycles. The van der Waals surface area contributed by atoms with Crippen LogP contribution >= 0.6 is 0 Å². The van der Waals surface area contributed by atoms with Crippen molar-refractivity contribution < 1.29 is 14.0 Å². The van der Waals surface area contributed by atoms with Gasteiger partial charge in [-0.3, -0.25) is 9.59 Å². The molecule has 0 spiro atoms. The van der Waals surface area contributed by atoms with E-state index in [1.54, 1.807) is 17.0 Å². The molecule has 0 saturated heterocycles. The second kappa shape index (κ2) is 11.7. The lowest BCUT2D eigenvalue weighted by Crippen LogP contribution is -2.43. The van der Waals surface area contributed by atoms with Gasteiger partial charge in [0.1, 0.15) is 11.9 Å². The molecule has 5 heteroatoms. The zero-order chi connectivity index (χ0) is 24.5. The fourth-order valence-electron chi connectivity index (χ4n) is 3.97. The van der Waals surface area contributed by atoms with Crippen molar-refractivity contribution in [3.8, 4) is 0 Å². The maximum atomic E-state index is 13.6. The number of carbonyl (C=O) groups excluding carboxylic acids is 2. The number of nitrogens with one attached hydrogen (secondary N) is 1. The van der Waals surface area contributed by atoms with E-state index in [2.05, 4.69) is 5.32 Å². The van der Waals surface area contributed by atoms with E-state index in [9.17, 15) is 14.0 Å². The van der Waals surface area contributed by atoms with Crippen LogP contribution in [0.15, 0.2) is 115 Å². The SMILES string of the molecule is O=C(NCc1ccccc1)[C@@H](c1ccccc1)N(Cc1ccc(F)cc1)C(=O)Cc1ccccc1. The first kappa shape index (κ1) is 23.9. The molecule has 4 nitrogen and oxygen atoms in total. The Bertz CT molecular complexity index is 1230. The number of hydrogen-bond acceptors (Lipinski definition) is 2. The van der Waals surface area contributed by atoms with E-state index in [1.165, 1.54) is 12.1 Å². The average Bonchev–Trinajstić information content (AvgIpc) is 2.90. The Labute approximate surface area is 205 Å². The summed E-state index contributed by atoms with van der Waals surface area (Å²) >= 11 is 0. The number of nitrogens with zero attached hydrogens (tertiary/aromatic N) is 1. The second-order valence-electron chi connectivity index (χ2n) is 8.33. The van der Waals surface area contributed by atoms with Gasteiger partial charge in [0.25, 0.3) is 0 Å². The van der Waals surface area contributed by atoms with E-state index in [4.69, 9.17) is 0 Å². The fourth-order valence-corrected chi connectivity index (χ4v) is 3.97. The molecule has 0 aliphatic heterocycles. The van der Waals surface area contributed by atoms with Gasteiger partial charge in [-0.25, -0.2) is 4.39 Å². The van der Waals surface area contributed by atoms with Crippen molar-refractivity contribution in [2.45, 2.75) is 25.6 Å². The molecule has 0 aliphatic rings. The summed E-state index contributed by atoms with van der Waals surface area (Å²) in [7, 11) is 0. The summed E-state index contributed by atoms with van der Waals surface area (Å²) < 4.78 is 13.5. The fraction of sp³-hybridized carbons (Fsp3) is 0.133. The van der Waals surface area contributed by atoms with Crippen LogP contribution in [0.2, 0.25) is 0 Å². The highest BCUT2D eigenvalue weighted by Gasteiger charge is 2.31. The standard InChI is InChI=1S/C30H27FN2O2/c31-27-18-16-25(17-19-27)22-33(28(34)20-23-10-4-1-5-11-23)29(26-14-8-3-9-15-26)30(35)32-21-24-12-6-2-7-13-24/h1-19,29H,20-22H2,(H,32,35)/t29-/m1/s1. The second-order valence-corrected chi connectivity index (χ2v) is 8.33. The van der Waals surface area contributed by atoms with Crippen LogP contribution in [0, 0.1) is 5.82 Å². The minimum atomic E-state index is -0.846. The average molecular weight is 467 g/mol. The van der Waals surface area contributed by atoms with Gasteiger partial charge in [0.2, 0.25) is 11.8 Å². The van der Waals surface area contributed by atoms with Crippen molar-refractivity contribution in [2.24, 2.45) is 0 Å². The molecule has 176 valence electrons. The van der Waals surface area contributed by atoms with Gasteiger partial charge >= 0.3 is 0 Å². The lowest BCUT2D eigenvalue weighted by atomic mass is 10.0. The van der Waals surface area contributed by atoms with E-state index < -0.39 is 6.04 Å². The molecular weight excluding hydrogens is 439 g/mol. The van der Waals surface area contributed by atoms with Gasteiger partial charge in [-0.15, -0.1) is 0 Å². The lowest BCUT2D eigenvalue weighted by Gasteiger charge is -2.32. The number of hydrogen-bond donors (Lipinski definition) is 1. The summed E-state index contributed by atoms with van der Waals surface area (Å²) in [6, 6.07) is 33.5. The Hall–Kier alpha value is -4.25. The monoisotopic (exact) mass is 466 g/mol. The minimum absolute atomic E-state index is 0.150. The molecule has 0 unspecified atom stereocenters. The maximum absolute atomic E-state index is 13.6. The maximum Gasteiger partial charge on any atom is 0.247 e. The van der Waals surface area contributed by atoms with Gasteiger partial charge in [-0.05, 0) is 34.4 Å². The number of rotatable bonds is 9. The molecule has 1 atom stereocenters. The van der Waals surface area contributed by atoms with Crippen LogP contribution in [0.1, 0.15) is 28.3 Å². The topological polar surface area (TPSA) is 49.4 Å². The van der Waals surface area contributed by atoms with Crippen molar-refractivity contribution >= 4 is 11.8 Å². The molecule has 0 bridgehead atoms. The summed E-state index contributed by atoms with van der Waals surface area (Å²) in [6.45, 7) is 0.518. The zero-order valence-electron chi connectivity index (χ0n) is 19.3. The molecule has 1 N–H and O–H groups in total. The van der Waals surface area contributed by atoms with Crippen LogP contribution in [-0.2, 0) is 29.1 Å². The Balaban J connectivity index is 1.66. The first-order valence-corrected chi connectivity index (χ1v) is 11.5. The Morgan fingerprint density at radius 3 is 1.83 bits per heavy atom. The predicted molar refractivity (Wildman–Crippen MR) is 135 cm³/mol. The highest BCUT2D eigenvalue weighted by molar-refractivity contribution is 5.89. The highest BCUT2D eigenvalue weighted by atomic mass is 19.1. The smallest absolute Gasteiger partial charge is 0.247 e. The molecule has 0 aliphatic carbocycles. The molecule has 2 amide bonds. The van der Waals surface area contributed by atoms with E-state index in [1.807, 2.05) is 91.0 Å². The summed E-state index contributed by atoms with van der Waals surface area (Å²) in [5.41, 5.74) is 3.28. The van der Waals surface area contributed by atoms with Crippen molar-refractivity contribution in [1.29, 1.82) is 0 Å². The normalized spacial score (nSPS) is 11.5. The Morgan fingerprint density at radius 2 is 1.23 bits per heavy atom. The third-order valence-corrected chi connectivity index (χ3v) is 5.77. The molecule has 4 aromatic carbocycles. The van der Waals surface area contributed by atoms with Crippen molar-refractivity contribution in [2.75, 3.05) is 0 Å². The third-order valence-electron chi connectivity index (χ3n) is 5.77. The Morgan fingerprint density at radius 1 is 0.686 bits per heavy atom. The molecular formula is C30H27FN2O2. The first-order valence-electron chi connectivity index (χ1n) is 11.5. The van der Waals surface area contributed by atoms with E-state index in [0.29, 0.717) is 12.1 Å². The van der Waals surface area contributed by atoms with Crippen LogP contribution < -0.4 is 5.32 Å². The van der Waals surface area contributed by atoms with Crippen LogP contribution in [0.5, 0.6) is 0 Å². The molecule has 4 aromatic rings. The van der Waals surface area contributed by atoms with E-state index >= 15 is 0 Å². The van der Waals surface area contributed by atoms with Gasteiger partial charge in [-0.2, -0.15) is 0 Å². The van der Waals surface area contributed by atoms with Crippen molar-refractivity contribution in [1.82, 2.24) is 10.2 Å². The molecule has 0 saturated carbocycles. The van der Waals surface area contributed by atoms with E-state index in [-0.39, 0.29) is 30.6 Å². The largest absolute Gasteiger partial charge is 0.350 e. The molecule has 0 fully saturated rings. The quantitative estimate of drug-likeness (QED) is 0.356. The molecule has 4 rings (SSSR count). The van der Waals surface area contributed by atoms with Crippen LogP contribution in [-0.4, -0.2) is 16.7 Å². The number of benzene rings is 4.